The van der Waals surface area contributed by atoms with Crippen LogP contribution in [0.2, 0.25) is 0 Å². The second kappa shape index (κ2) is 9.50. The number of halogens is 1. The average Bonchev–Trinajstić information content (AvgIpc) is 3.08. The van der Waals surface area contributed by atoms with Crippen molar-refractivity contribution in [2.75, 3.05) is 26.7 Å². The quantitative estimate of drug-likeness (QED) is 0.446. The van der Waals surface area contributed by atoms with Crippen LogP contribution in [0.25, 0.3) is 0 Å². The Hall–Kier alpha value is -2.50. The van der Waals surface area contributed by atoms with Crippen LogP contribution in [0.15, 0.2) is 52.1 Å². The number of aliphatic imine (C=N–C) groups is 1. The van der Waals surface area contributed by atoms with Crippen LogP contribution >= 0.6 is 0 Å². The van der Waals surface area contributed by atoms with Gasteiger partial charge < -0.3 is 19.8 Å². The molecule has 1 heterocycles. The SMILES string of the molecule is CN=C(NCCCOc1ccc(F)cc1)NCCc1ccco1. The van der Waals surface area contributed by atoms with E-state index in [2.05, 4.69) is 15.6 Å². The van der Waals surface area contributed by atoms with E-state index >= 15 is 0 Å². The molecule has 0 saturated heterocycles. The lowest BCUT2D eigenvalue weighted by Gasteiger charge is -2.11. The number of hydrogen-bond acceptors (Lipinski definition) is 3. The van der Waals surface area contributed by atoms with E-state index in [1.54, 1.807) is 25.4 Å². The highest BCUT2D eigenvalue weighted by Crippen LogP contribution is 2.10. The van der Waals surface area contributed by atoms with Crippen molar-refractivity contribution >= 4 is 5.96 Å². The van der Waals surface area contributed by atoms with Crippen LogP contribution in [0.1, 0.15) is 12.2 Å². The van der Waals surface area contributed by atoms with Gasteiger partial charge in [-0.2, -0.15) is 0 Å². The number of nitrogens with zero attached hydrogens (tertiary/aromatic N) is 1. The van der Waals surface area contributed by atoms with Gasteiger partial charge in [0.15, 0.2) is 5.96 Å². The molecule has 0 unspecified atom stereocenters. The van der Waals surface area contributed by atoms with Crippen LogP contribution in [0.3, 0.4) is 0 Å². The van der Waals surface area contributed by atoms with Crippen LogP contribution < -0.4 is 15.4 Å². The zero-order valence-electron chi connectivity index (χ0n) is 13.2. The summed E-state index contributed by atoms with van der Waals surface area (Å²) in [4.78, 5) is 4.15. The summed E-state index contributed by atoms with van der Waals surface area (Å²) < 4.78 is 23.6. The average molecular weight is 319 g/mol. The second-order valence-corrected chi connectivity index (χ2v) is 4.91. The van der Waals surface area contributed by atoms with E-state index in [0.717, 1.165) is 37.7 Å². The number of furan rings is 1. The van der Waals surface area contributed by atoms with Crippen molar-refractivity contribution in [3.8, 4) is 5.75 Å². The topological polar surface area (TPSA) is 58.8 Å². The van der Waals surface area contributed by atoms with Gasteiger partial charge in [0.05, 0.1) is 12.9 Å². The standard InChI is InChI=1S/C17H22FN3O2/c1-19-17(21-11-9-15-4-2-12-22-15)20-10-3-13-23-16-7-5-14(18)6-8-16/h2,4-8,12H,3,9-11,13H2,1H3,(H2,19,20,21). The van der Waals surface area contributed by atoms with E-state index in [1.165, 1.54) is 12.1 Å². The summed E-state index contributed by atoms with van der Waals surface area (Å²) in [6, 6.07) is 9.85. The normalized spacial score (nSPS) is 11.3. The van der Waals surface area contributed by atoms with Gasteiger partial charge in [-0.15, -0.1) is 0 Å². The van der Waals surface area contributed by atoms with Gasteiger partial charge in [-0.25, -0.2) is 4.39 Å². The predicted octanol–water partition coefficient (Wildman–Crippen LogP) is 2.60. The van der Waals surface area contributed by atoms with Gasteiger partial charge in [0.25, 0.3) is 0 Å². The number of nitrogens with one attached hydrogen (secondary N) is 2. The number of ether oxygens (including phenoxy) is 1. The highest BCUT2D eigenvalue weighted by atomic mass is 19.1. The van der Waals surface area contributed by atoms with Crippen LogP contribution in [-0.2, 0) is 6.42 Å². The van der Waals surface area contributed by atoms with Crippen LogP contribution in [0, 0.1) is 5.82 Å². The maximum atomic E-state index is 12.8. The van der Waals surface area contributed by atoms with Crippen molar-refractivity contribution in [3.63, 3.8) is 0 Å². The second-order valence-electron chi connectivity index (χ2n) is 4.91. The molecule has 2 aromatic rings. The van der Waals surface area contributed by atoms with E-state index < -0.39 is 0 Å². The lowest BCUT2D eigenvalue weighted by atomic mass is 10.3. The van der Waals surface area contributed by atoms with Gasteiger partial charge in [-0.3, -0.25) is 4.99 Å². The van der Waals surface area contributed by atoms with E-state index in [4.69, 9.17) is 9.15 Å². The number of guanidine groups is 1. The highest BCUT2D eigenvalue weighted by molar-refractivity contribution is 5.79. The maximum Gasteiger partial charge on any atom is 0.190 e. The van der Waals surface area contributed by atoms with E-state index in [9.17, 15) is 4.39 Å². The molecule has 1 aromatic heterocycles. The molecule has 2 N–H and O–H groups in total. The molecule has 0 atom stereocenters. The molecular formula is C17H22FN3O2. The third-order valence-electron chi connectivity index (χ3n) is 3.16. The Balaban J connectivity index is 1.55. The van der Waals surface area contributed by atoms with Crippen molar-refractivity contribution in [1.82, 2.24) is 10.6 Å². The van der Waals surface area contributed by atoms with Crippen molar-refractivity contribution in [1.29, 1.82) is 0 Å². The van der Waals surface area contributed by atoms with Gasteiger partial charge in [0.1, 0.15) is 17.3 Å². The Morgan fingerprint density at radius 3 is 2.65 bits per heavy atom. The van der Waals surface area contributed by atoms with E-state index in [1.807, 2.05) is 12.1 Å². The first-order valence-corrected chi connectivity index (χ1v) is 7.63. The lowest BCUT2D eigenvalue weighted by molar-refractivity contribution is 0.310. The molecule has 23 heavy (non-hydrogen) atoms. The molecule has 0 aliphatic carbocycles. The highest BCUT2D eigenvalue weighted by Gasteiger charge is 1.99. The molecule has 2 rings (SSSR count). The molecule has 0 aliphatic rings. The van der Waals surface area contributed by atoms with Gasteiger partial charge >= 0.3 is 0 Å². The van der Waals surface area contributed by atoms with Crippen LogP contribution in [0.5, 0.6) is 5.75 Å². The fourth-order valence-corrected chi connectivity index (χ4v) is 1.98. The van der Waals surface area contributed by atoms with Crippen LogP contribution in [0.4, 0.5) is 4.39 Å². The molecule has 1 aromatic carbocycles. The fourth-order valence-electron chi connectivity index (χ4n) is 1.98. The molecule has 0 amide bonds. The predicted molar refractivity (Wildman–Crippen MR) is 88.3 cm³/mol. The van der Waals surface area contributed by atoms with Gasteiger partial charge in [0, 0.05) is 26.6 Å². The Morgan fingerprint density at radius 2 is 1.96 bits per heavy atom. The minimum Gasteiger partial charge on any atom is -0.494 e. The lowest BCUT2D eigenvalue weighted by Crippen LogP contribution is -2.39. The Bertz CT molecular complexity index is 582. The zero-order valence-corrected chi connectivity index (χ0v) is 13.2. The molecule has 0 bridgehead atoms. The third kappa shape index (κ3) is 6.42. The maximum absolute atomic E-state index is 12.8. The summed E-state index contributed by atoms with van der Waals surface area (Å²) in [5.74, 6) is 2.11. The minimum absolute atomic E-state index is 0.261. The molecular weight excluding hydrogens is 297 g/mol. The summed E-state index contributed by atoms with van der Waals surface area (Å²) in [6.07, 6.45) is 3.29. The van der Waals surface area contributed by atoms with Crippen molar-refractivity contribution < 1.29 is 13.5 Å². The molecule has 0 aliphatic heterocycles. The van der Waals surface area contributed by atoms with Gasteiger partial charge in [-0.1, -0.05) is 0 Å². The largest absolute Gasteiger partial charge is 0.494 e. The summed E-state index contributed by atoms with van der Waals surface area (Å²) in [5, 5.41) is 6.43. The van der Waals surface area contributed by atoms with Crippen molar-refractivity contribution in [3.05, 3.63) is 54.2 Å². The molecule has 124 valence electrons. The Labute approximate surface area is 135 Å². The number of benzene rings is 1. The first-order chi connectivity index (χ1) is 11.3. The molecule has 0 saturated carbocycles. The summed E-state index contributed by atoms with van der Waals surface area (Å²) in [5.41, 5.74) is 0. The van der Waals surface area contributed by atoms with E-state index in [0.29, 0.717) is 12.4 Å². The van der Waals surface area contributed by atoms with Crippen molar-refractivity contribution in [2.24, 2.45) is 4.99 Å². The van der Waals surface area contributed by atoms with Gasteiger partial charge in [-0.05, 0) is 42.8 Å². The molecule has 0 spiro atoms. The first kappa shape index (κ1) is 16.9. The fraction of sp³-hybridized carbons (Fsp3) is 0.353. The Kier molecular flexibility index (Phi) is 6.97. The van der Waals surface area contributed by atoms with Crippen molar-refractivity contribution in [2.45, 2.75) is 12.8 Å². The summed E-state index contributed by atoms with van der Waals surface area (Å²) in [7, 11) is 1.73. The zero-order chi connectivity index (χ0) is 16.3. The number of hydrogen-bond donors (Lipinski definition) is 2. The molecule has 5 nitrogen and oxygen atoms in total. The summed E-state index contributed by atoms with van der Waals surface area (Å²) >= 11 is 0. The van der Waals surface area contributed by atoms with Crippen LogP contribution in [-0.4, -0.2) is 32.7 Å². The summed E-state index contributed by atoms with van der Waals surface area (Å²) in [6.45, 7) is 2.04. The first-order valence-electron chi connectivity index (χ1n) is 7.63. The van der Waals surface area contributed by atoms with Gasteiger partial charge in [0.2, 0.25) is 0 Å². The molecule has 6 heteroatoms. The Morgan fingerprint density at radius 1 is 1.17 bits per heavy atom. The van der Waals surface area contributed by atoms with E-state index in [-0.39, 0.29) is 5.82 Å². The monoisotopic (exact) mass is 319 g/mol. The molecule has 0 fully saturated rings. The third-order valence-corrected chi connectivity index (χ3v) is 3.16. The smallest absolute Gasteiger partial charge is 0.190 e. The number of rotatable bonds is 8. The minimum atomic E-state index is -0.261. The molecule has 0 radical (unpaired) electrons.